The second-order valence-electron chi connectivity index (χ2n) is 11.3. The number of hydrogen-bond acceptors (Lipinski definition) is 2. The van der Waals surface area contributed by atoms with E-state index in [1.54, 1.807) is 0 Å². The summed E-state index contributed by atoms with van der Waals surface area (Å²) in [5, 5.41) is 2.91. The summed E-state index contributed by atoms with van der Waals surface area (Å²) in [5.74, 6) is 0. The third-order valence-electron chi connectivity index (χ3n) is 7.53. The van der Waals surface area contributed by atoms with Gasteiger partial charge in [0.2, 0.25) is 0 Å². The zero-order valence-corrected chi connectivity index (χ0v) is 25.0. The van der Waals surface area contributed by atoms with Gasteiger partial charge in [-0.3, -0.25) is 0 Å². The molecule has 0 saturated carbocycles. The Morgan fingerprint density at radius 2 is 0.694 bits per heavy atom. The van der Waals surface area contributed by atoms with Gasteiger partial charge in [-0.15, -0.1) is 0 Å². The van der Waals surface area contributed by atoms with Crippen LogP contribution >= 0.6 is 0 Å². The maximum atomic E-state index is 11.8. The van der Waals surface area contributed by atoms with Crippen LogP contribution in [0.5, 0.6) is 0 Å². The summed E-state index contributed by atoms with van der Waals surface area (Å²) in [6.07, 6.45) is 37.8. The summed E-state index contributed by atoms with van der Waals surface area (Å²) in [6, 6.07) is 0. The standard InChI is InChI=1S/C33H67NO2/c1-3-5-7-9-11-13-15-17-18-19-20-22-24-26-28-30-32-36-33(35)34-31-29-27-25-23-21-16-14-12-10-8-6-4-2/h3-32H2,1-2H3,(H,34,35). The summed E-state index contributed by atoms with van der Waals surface area (Å²) in [7, 11) is 0. The van der Waals surface area contributed by atoms with E-state index < -0.39 is 0 Å². The van der Waals surface area contributed by atoms with Gasteiger partial charge in [-0.1, -0.05) is 181 Å². The molecule has 0 bridgehead atoms. The molecule has 0 aromatic rings. The van der Waals surface area contributed by atoms with E-state index in [4.69, 9.17) is 4.74 Å². The van der Waals surface area contributed by atoms with E-state index in [-0.39, 0.29) is 6.09 Å². The molecule has 1 amide bonds. The van der Waals surface area contributed by atoms with Crippen molar-refractivity contribution in [2.75, 3.05) is 13.2 Å². The quantitative estimate of drug-likeness (QED) is 0.0977. The van der Waals surface area contributed by atoms with Crippen molar-refractivity contribution < 1.29 is 9.53 Å². The van der Waals surface area contributed by atoms with Crippen LogP contribution in [-0.4, -0.2) is 19.2 Å². The van der Waals surface area contributed by atoms with Crippen LogP contribution in [0.15, 0.2) is 0 Å². The lowest BCUT2D eigenvalue weighted by molar-refractivity contribution is 0.143. The predicted molar refractivity (Wildman–Crippen MR) is 160 cm³/mol. The van der Waals surface area contributed by atoms with Gasteiger partial charge in [0.05, 0.1) is 6.61 Å². The van der Waals surface area contributed by atoms with E-state index in [1.165, 1.54) is 167 Å². The largest absolute Gasteiger partial charge is 0.450 e. The molecule has 0 fully saturated rings. The first-order chi connectivity index (χ1) is 17.8. The lowest BCUT2D eigenvalue weighted by Gasteiger charge is -2.07. The highest BCUT2D eigenvalue weighted by molar-refractivity contribution is 5.66. The molecule has 0 aliphatic carbocycles. The normalized spacial score (nSPS) is 11.2. The molecule has 0 aromatic carbocycles. The Morgan fingerprint density at radius 1 is 0.417 bits per heavy atom. The van der Waals surface area contributed by atoms with Crippen LogP contribution in [0.4, 0.5) is 4.79 Å². The van der Waals surface area contributed by atoms with E-state index >= 15 is 0 Å². The smallest absolute Gasteiger partial charge is 0.407 e. The molecule has 216 valence electrons. The molecule has 1 N–H and O–H groups in total. The van der Waals surface area contributed by atoms with Crippen LogP contribution in [0, 0.1) is 0 Å². The molecule has 0 aliphatic heterocycles. The number of hydrogen-bond donors (Lipinski definition) is 1. The van der Waals surface area contributed by atoms with Crippen molar-refractivity contribution in [1.29, 1.82) is 0 Å². The maximum absolute atomic E-state index is 11.8. The predicted octanol–water partition coefficient (Wildman–Crippen LogP) is 11.7. The second kappa shape index (κ2) is 32.3. The van der Waals surface area contributed by atoms with Crippen molar-refractivity contribution in [3.05, 3.63) is 0 Å². The number of rotatable bonds is 30. The molecular weight excluding hydrogens is 442 g/mol. The molecule has 0 aliphatic rings. The van der Waals surface area contributed by atoms with Gasteiger partial charge in [-0.05, 0) is 12.8 Å². The number of amides is 1. The molecule has 0 saturated heterocycles. The molecule has 0 rings (SSSR count). The van der Waals surface area contributed by atoms with Crippen LogP contribution in [0.3, 0.4) is 0 Å². The Morgan fingerprint density at radius 3 is 1.03 bits per heavy atom. The van der Waals surface area contributed by atoms with Crippen LogP contribution in [0.25, 0.3) is 0 Å². The Hall–Kier alpha value is -0.730. The van der Waals surface area contributed by atoms with Gasteiger partial charge in [-0.25, -0.2) is 4.79 Å². The van der Waals surface area contributed by atoms with E-state index in [0.717, 1.165) is 19.4 Å². The van der Waals surface area contributed by atoms with Gasteiger partial charge >= 0.3 is 6.09 Å². The first kappa shape index (κ1) is 35.3. The molecule has 0 heterocycles. The Bertz CT molecular complexity index is 412. The van der Waals surface area contributed by atoms with E-state index in [2.05, 4.69) is 19.2 Å². The van der Waals surface area contributed by atoms with Crippen molar-refractivity contribution in [2.24, 2.45) is 0 Å². The van der Waals surface area contributed by atoms with E-state index in [9.17, 15) is 4.79 Å². The molecule has 36 heavy (non-hydrogen) atoms. The molecular formula is C33H67NO2. The third-order valence-corrected chi connectivity index (χ3v) is 7.53. The fourth-order valence-electron chi connectivity index (χ4n) is 5.02. The first-order valence-corrected chi connectivity index (χ1v) is 16.7. The second-order valence-corrected chi connectivity index (χ2v) is 11.3. The number of carbonyl (C=O) groups is 1. The highest BCUT2D eigenvalue weighted by Gasteiger charge is 2.01. The molecule has 0 unspecified atom stereocenters. The summed E-state index contributed by atoms with van der Waals surface area (Å²) in [5.41, 5.74) is 0. The summed E-state index contributed by atoms with van der Waals surface area (Å²) in [6.45, 7) is 5.90. The number of ether oxygens (including phenoxy) is 1. The molecule has 3 nitrogen and oxygen atoms in total. The monoisotopic (exact) mass is 510 g/mol. The van der Waals surface area contributed by atoms with Crippen molar-refractivity contribution in [2.45, 2.75) is 194 Å². The minimum absolute atomic E-state index is 0.223. The lowest BCUT2D eigenvalue weighted by Crippen LogP contribution is -2.25. The van der Waals surface area contributed by atoms with Gasteiger partial charge in [0.25, 0.3) is 0 Å². The van der Waals surface area contributed by atoms with E-state index in [0.29, 0.717) is 6.61 Å². The van der Waals surface area contributed by atoms with Crippen LogP contribution in [0.2, 0.25) is 0 Å². The zero-order chi connectivity index (χ0) is 26.2. The van der Waals surface area contributed by atoms with Gasteiger partial charge < -0.3 is 10.1 Å². The fourth-order valence-corrected chi connectivity index (χ4v) is 5.02. The van der Waals surface area contributed by atoms with Crippen LogP contribution in [0.1, 0.15) is 194 Å². The van der Waals surface area contributed by atoms with Gasteiger partial charge in [0.1, 0.15) is 0 Å². The Kier molecular flexibility index (Phi) is 31.6. The average Bonchev–Trinajstić information content (AvgIpc) is 2.88. The zero-order valence-electron chi connectivity index (χ0n) is 25.0. The highest BCUT2D eigenvalue weighted by atomic mass is 16.5. The van der Waals surface area contributed by atoms with Crippen LogP contribution in [-0.2, 0) is 4.74 Å². The first-order valence-electron chi connectivity index (χ1n) is 16.7. The van der Waals surface area contributed by atoms with Crippen LogP contribution < -0.4 is 5.32 Å². The van der Waals surface area contributed by atoms with E-state index in [1.807, 2.05) is 0 Å². The van der Waals surface area contributed by atoms with Gasteiger partial charge in [-0.2, -0.15) is 0 Å². The molecule has 0 radical (unpaired) electrons. The third kappa shape index (κ3) is 31.3. The lowest BCUT2D eigenvalue weighted by atomic mass is 10.0. The highest BCUT2D eigenvalue weighted by Crippen LogP contribution is 2.14. The van der Waals surface area contributed by atoms with Gasteiger partial charge in [0, 0.05) is 6.54 Å². The minimum Gasteiger partial charge on any atom is -0.450 e. The summed E-state index contributed by atoms with van der Waals surface area (Å²) < 4.78 is 5.32. The number of unbranched alkanes of at least 4 members (excludes halogenated alkanes) is 26. The molecule has 0 atom stereocenters. The number of carbonyl (C=O) groups excluding carboxylic acids is 1. The minimum atomic E-state index is -0.223. The number of alkyl carbamates (subject to hydrolysis) is 1. The van der Waals surface area contributed by atoms with Gasteiger partial charge in [0.15, 0.2) is 0 Å². The van der Waals surface area contributed by atoms with Crippen molar-refractivity contribution in [3.8, 4) is 0 Å². The SMILES string of the molecule is CCCCCCCCCCCCCCCCCCOC(=O)NCCCCCCCCCCCCCC. The van der Waals surface area contributed by atoms with Crippen molar-refractivity contribution in [3.63, 3.8) is 0 Å². The maximum Gasteiger partial charge on any atom is 0.407 e. The fraction of sp³-hybridized carbons (Fsp3) is 0.970. The van der Waals surface area contributed by atoms with Crippen molar-refractivity contribution in [1.82, 2.24) is 5.32 Å². The number of nitrogens with one attached hydrogen (secondary N) is 1. The Labute approximate surface area is 227 Å². The molecule has 0 spiro atoms. The van der Waals surface area contributed by atoms with Crippen molar-refractivity contribution >= 4 is 6.09 Å². The summed E-state index contributed by atoms with van der Waals surface area (Å²) >= 11 is 0. The molecule has 3 heteroatoms. The topological polar surface area (TPSA) is 38.3 Å². The average molecular weight is 510 g/mol. The molecule has 0 aromatic heterocycles. The summed E-state index contributed by atoms with van der Waals surface area (Å²) in [4.78, 5) is 11.8. The Balaban J connectivity index is 3.13.